The van der Waals surface area contributed by atoms with Gasteiger partial charge in [-0.15, -0.1) is 0 Å². The number of sulfonamides is 1. The minimum atomic E-state index is -4.15. The lowest BCUT2D eigenvalue weighted by molar-refractivity contribution is -0.165. The number of β-lactam (4-membered cyclic amide) rings is 1. The van der Waals surface area contributed by atoms with E-state index in [-0.39, 0.29) is 19.0 Å². The summed E-state index contributed by atoms with van der Waals surface area (Å²) in [5.74, 6) is -1.05. The Balaban J connectivity index is 1.39. The van der Waals surface area contributed by atoms with Crippen molar-refractivity contribution in [1.29, 1.82) is 0 Å². The maximum absolute atomic E-state index is 14.0. The molecule has 0 radical (unpaired) electrons. The van der Waals surface area contributed by atoms with Crippen LogP contribution in [0, 0.1) is 17.0 Å². The molecule has 6 nitrogen and oxygen atoms in total. The molecule has 0 aliphatic carbocycles. The van der Waals surface area contributed by atoms with Gasteiger partial charge >= 0.3 is 0 Å². The Labute approximate surface area is 174 Å². The highest BCUT2D eigenvalue weighted by atomic mass is 32.2. The highest BCUT2D eigenvalue weighted by Gasteiger charge is 2.53. The van der Waals surface area contributed by atoms with Crippen LogP contribution in [0.3, 0.4) is 0 Å². The van der Waals surface area contributed by atoms with Crippen molar-refractivity contribution < 1.29 is 26.7 Å². The molecule has 0 aromatic heterocycles. The van der Waals surface area contributed by atoms with Crippen LogP contribution in [0.5, 0.6) is 5.75 Å². The van der Waals surface area contributed by atoms with Crippen LogP contribution in [0.25, 0.3) is 0 Å². The summed E-state index contributed by atoms with van der Waals surface area (Å²) < 4.78 is 59.1. The molecule has 0 unspecified atom stereocenters. The van der Waals surface area contributed by atoms with E-state index in [0.29, 0.717) is 32.0 Å². The lowest BCUT2D eigenvalue weighted by Crippen LogP contribution is -2.64. The van der Waals surface area contributed by atoms with Gasteiger partial charge in [0.2, 0.25) is 15.9 Å². The zero-order valence-corrected chi connectivity index (χ0v) is 17.3. The summed E-state index contributed by atoms with van der Waals surface area (Å²) in [6.45, 7) is 1.24. The second-order valence-electron chi connectivity index (χ2n) is 7.77. The van der Waals surface area contributed by atoms with Gasteiger partial charge in [0, 0.05) is 26.2 Å². The SMILES string of the molecule is COc1ccc(CN2CC3(CCN(S(=O)(=O)c4cc(F)ccc4F)CC3)C2=O)cc1. The van der Waals surface area contributed by atoms with Gasteiger partial charge < -0.3 is 9.64 Å². The fourth-order valence-corrected chi connectivity index (χ4v) is 5.69. The zero-order chi connectivity index (χ0) is 21.5. The second kappa shape index (κ2) is 7.63. The fraction of sp³-hybridized carbons (Fsp3) is 0.381. The van der Waals surface area contributed by atoms with Crippen molar-refractivity contribution in [3.05, 3.63) is 59.7 Å². The molecule has 2 heterocycles. The molecule has 0 atom stereocenters. The molecule has 2 aliphatic heterocycles. The normalized spacial score (nSPS) is 19.0. The Morgan fingerprint density at radius 3 is 2.33 bits per heavy atom. The third kappa shape index (κ3) is 3.56. The summed E-state index contributed by atoms with van der Waals surface area (Å²) >= 11 is 0. The van der Waals surface area contributed by atoms with Crippen molar-refractivity contribution in [2.75, 3.05) is 26.7 Å². The van der Waals surface area contributed by atoms with E-state index in [1.807, 2.05) is 24.3 Å². The average molecular weight is 436 g/mol. The Morgan fingerprint density at radius 1 is 1.07 bits per heavy atom. The first kappa shape index (κ1) is 20.7. The van der Waals surface area contributed by atoms with Gasteiger partial charge in [0.05, 0.1) is 12.5 Å². The average Bonchev–Trinajstić information content (AvgIpc) is 2.75. The number of piperidine rings is 1. The van der Waals surface area contributed by atoms with Gasteiger partial charge in [0.15, 0.2) is 0 Å². The van der Waals surface area contributed by atoms with Crippen molar-refractivity contribution >= 4 is 15.9 Å². The van der Waals surface area contributed by atoms with Crippen LogP contribution in [-0.4, -0.2) is 50.3 Å². The smallest absolute Gasteiger partial charge is 0.246 e. The number of hydrogen-bond acceptors (Lipinski definition) is 4. The Morgan fingerprint density at radius 2 is 1.73 bits per heavy atom. The third-order valence-corrected chi connectivity index (χ3v) is 7.87. The van der Waals surface area contributed by atoms with E-state index in [1.54, 1.807) is 12.0 Å². The molecule has 1 spiro atoms. The van der Waals surface area contributed by atoms with Gasteiger partial charge in [0.25, 0.3) is 0 Å². The molecule has 30 heavy (non-hydrogen) atoms. The van der Waals surface area contributed by atoms with E-state index >= 15 is 0 Å². The summed E-state index contributed by atoms with van der Waals surface area (Å²) in [6, 6.07) is 9.86. The minimum absolute atomic E-state index is 0.00676. The first-order valence-corrected chi connectivity index (χ1v) is 11.1. The van der Waals surface area contributed by atoms with Gasteiger partial charge in [0.1, 0.15) is 22.3 Å². The largest absolute Gasteiger partial charge is 0.497 e. The number of benzene rings is 2. The van der Waals surface area contributed by atoms with Crippen LogP contribution < -0.4 is 4.74 Å². The number of rotatable bonds is 5. The molecule has 2 saturated heterocycles. The van der Waals surface area contributed by atoms with Crippen molar-refractivity contribution in [1.82, 2.24) is 9.21 Å². The quantitative estimate of drug-likeness (QED) is 0.676. The second-order valence-corrected chi connectivity index (χ2v) is 9.67. The minimum Gasteiger partial charge on any atom is -0.497 e. The van der Waals surface area contributed by atoms with Crippen LogP contribution in [0.15, 0.2) is 47.4 Å². The predicted molar refractivity (Wildman–Crippen MR) is 105 cm³/mol. The molecule has 0 saturated carbocycles. The molecule has 4 rings (SSSR count). The summed E-state index contributed by atoms with van der Waals surface area (Å²) in [6.07, 6.45) is 0.724. The summed E-state index contributed by atoms with van der Waals surface area (Å²) in [7, 11) is -2.56. The zero-order valence-electron chi connectivity index (χ0n) is 16.5. The molecule has 1 amide bonds. The number of hydrogen-bond donors (Lipinski definition) is 0. The molecule has 2 fully saturated rings. The number of methoxy groups -OCH3 is 1. The van der Waals surface area contributed by atoms with Crippen LogP contribution in [-0.2, 0) is 21.4 Å². The van der Waals surface area contributed by atoms with Crippen LogP contribution in [0.4, 0.5) is 8.78 Å². The summed E-state index contributed by atoms with van der Waals surface area (Å²) in [4.78, 5) is 13.9. The molecule has 2 aromatic rings. The lowest BCUT2D eigenvalue weighted by Gasteiger charge is -2.52. The van der Waals surface area contributed by atoms with E-state index in [2.05, 4.69) is 0 Å². The van der Waals surface area contributed by atoms with E-state index in [0.717, 1.165) is 27.8 Å². The van der Waals surface area contributed by atoms with Crippen molar-refractivity contribution in [2.45, 2.75) is 24.3 Å². The number of halogens is 2. The van der Waals surface area contributed by atoms with E-state index < -0.39 is 32.0 Å². The molecule has 160 valence electrons. The first-order valence-electron chi connectivity index (χ1n) is 9.63. The predicted octanol–water partition coefficient (Wildman–Crippen LogP) is 2.79. The van der Waals surface area contributed by atoms with E-state index in [1.165, 1.54) is 0 Å². The van der Waals surface area contributed by atoms with Crippen molar-refractivity contribution in [2.24, 2.45) is 5.41 Å². The van der Waals surface area contributed by atoms with Gasteiger partial charge in [-0.1, -0.05) is 12.1 Å². The number of carbonyl (C=O) groups excluding carboxylic acids is 1. The maximum Gasteiger partial charge on any atom is 0.246 e. The standard InChI is InChI=1S/C21H22F2N2O4S/c1-29-17-5-2-15(3-6-17)13-24-14-21(20(24)26)8-10-25(11-9-21)30(27,28)19-12-16(22)4-7-18(19)23/h2-7,12H,8-11,13-14H2,1H3. The number of nitrogens with zero attached hydrogens (tertiary/aromatic N) is 2. The Kier molecular flexibility index (Phi) is 5.27. The Hall–Kier alpha value is -2.52. The molecular weight excluding hydrogens is 414 g/mol. The summed E-state index contributed by atoms with van der Waals surface area (Å²) in [5.41, 5.74) is 0.416. The van der Waals surface area contributed by atoms with Crippen LogP contribution in [0.2, 0.25) is 0 Å². The number of amides is 1. The van der Waals surface area contributed by atoms with Gasteiger partial charge in [-0.2, -0.15) is 4.31 Å². The van der Waals surface area contributed by atoms with Crippen molar-refractivity contribution in [3.8, 4) is 5.75 Å². The van der Waals surface area contributed by atoms with E-state index in [9.17, 15) is 22.0 Å². The van der Waals surface area contributed by atoms with E-state index in [4.69, 9.17) is 4.74 Å². The van der Waals surface area contributed by atoms with Crippen molar-refractivity contribution in [3.63, 3.8) is 0 Å². The number of likely N-dealkylation sites (tertiary alicyclic amines) is 1. The monoisotopic (exact) mass is 436 g/mol. The third-order valence-electron chi connectivity index (χ3n) is 5.96. The maximum atomic E-state index is 14.0. The lowest BCUT2D eigenvalue weighted by atomic mass is 9.71. The fourth-order valence-electron chi connectivity index (χ4n) is 4.17. The van der Waals surface area contributed by atoms with Gasteiger partial charge in [-0.25, -0.2) is 17.2 Å². The molecule has 0 N–H and O–H groups in total. The topological polar surface area (TPSA) is 66.9 Å². The highest BCUT2D eigenvalue weighted by Crippen LogP contribution is 2.43. The van der Waals surface area contributed by atoms with Gasteiger partial charge in [-0.05, 0) is 48.7 Å². The molecule has 2 aromatic carbocycles. The van der Waals surface area contributed by atoms with Gasteiger partial charge in [-0.3, -0.25) is 4.79 Å². The molecular formula is C21H22F2N2O4S. The summed E-state index contributed by atoms with van der Waals surface area (Å²) in [5, 5.41) is 0. The van der Waals surface area contributed by atoms with Crippen LogP contribution in [0.1, 0.15) is 18.4 Å². The first-order chi connectivity index (χ1) is 14.2. The Bertz CT molecular complexity index is 1060. The van der Waals surface area contributed by atoms with Crippen LogP contribution >= 0.6 is 0 Å². The number of ether oxygens (including phenoxy) is 1. The number of carbonyl (C=O) groups is 1. The molecule has 0 bridgehead atoms. The molecule has 9 heteroatoms. The highest BCUT2D eigenvalue weighted by molar-refractivity contribution is 7.89. The molecule has 2 aliphatic rings.